The molecule has 2 aromatic rings. The van der Waals surface area contributed by atoms with Crippen LogP contribution in [0, 0.1) is 0 Å². The average Bonchev–Trinajstić information content (AvgIpc) is 2.56. The molecule has 6 heteroatoms. The van der Waals surface area contributed by atoms with Gasteiger partial charge in [0, 0.05) is 30.5 Å². The third kappa shape index (κ3) is 3.56. The van der Waals surface area contributed by atoms with Crippen LogP contribution >= 0.6 is 11.6 Å². The molecule has 0 unspecified atom stereocenters. The molecule has 1 aromatic carbocycles. The highest BCUT2D eigenvalue weighted by Gasteiger charge is 2.15. The number of nitrogens with zero attached hydrogens (tertiary/aromatic N) is 3. The second kappa shape index (κ2) is 6.87. The van der Waals surface area contributed by atoms with Crippen molar-refractivity contribution in [3.63, 3.8) is 0 Å². The van der Waals surface area contributed by atoms with Gasteiger partial charge in [0.25, 0.3) is 0 Å². The van der Waals surface area contributed by atoms with Crippen LogP contribution < -0.4 is 10.2 Å². The second-order valence-corrected chi connectivity index (χ2v) is 5.87. The van der Waals surface area contributed by atoms with Crippen LogP contribution in [0.5, 0.6) is 5.75 Å². The largest absolute Gasteiger partial charge is 0.506 e. The summed E-state index contributed by atoms with van der Waals surface area (Å²) in [7, 11) is 0. The number of rotatable bonds is 5. The summed E-state index contributed by atoms with van der Waals surface area (Å²) in [5, 5.41) is 12.9. The zero-order chi connectivity index (χ0) is 16.2. The zero-order valence-electron chi connectivity index (χ0n) is 13.0. The minimum absolute atomic E-state index is 0.0550. The zero-order valence-corrected chi connectivity index (χ0v) is 13.7. The lowest BCUT2D eigenvalue weighted by Gasteiger charge is -2.26. The van der Waals surface area contributed by atoms with E-state index in [-0.39, 0.29) is 5.75 Å². The fourth-order valence-electron chi connectivity index (χ4n) is 2.47. The van der Waals surface area contributed by atoms with E-state index in [0.717, 1.165) is 43.0 Å². The molecule has 0 aliphatic carbocycles. The van der Waals surface area contributed by atoms with Gasteiger partial charge in [-0.2, -0.15) is 4.98 Å². The van der Waals surface area contributed by atoms with Gasteiger partial charge in [-0.15, -0.1) is 0 Å². The molecule has 0 atom stereocenters. The number of hydrogen-bond donors (Lipinski definition) is 2. The molecular formula is C17H19ClN4O. The number of benzene rings is 1. The molecule has 0 saturated heterocycles. The van der Waals surface area contributed by atoms with Crippen LogP contribution in [-0.4, -0.2) is 28.2 Å². The smallest absolute Gasteiger partial charge is 0.229 e. The van der Waals surface area contributed by atoms with Gasteiger partial charge in [0.1, 0.15) is 11.6 Å². The summed E-state index contributed by atoms with van der Waals surface area (Å²) >= 11 is 5.93. The van der Waals surface area contributed by atoms with Crippen molar-refractivity contribution in [3.8, 4) is 5.75 Å². The quantitative estimate of drug-likeness (QED) is 0.804. The van der Waals surface area contributed by atoms with Crippen molar-refractivity contribution in [3.05, 3.63) is 41.1 Å². The standard InChI is InChI=1S/C17H19ClN4O/c1-2-3-8-22-9-4-5-12-11-19-17(21-16(12)22)20-13-6-7-15(23)14(18)10-13/h4-7,10-11,23H,2-3,8-9H2,1H3,(H,19,20,21). The molecule has 0 radical (unpaired) electrons. The van der Waals surface area contributed by atoms with Crippen molar-refractivity contribution in [2.45, 2.75) is 19.8 Å². The Labute approximate surface area is 140 Å². The fourth-order valence-corrected chi connectivity index (χ4v) is 2.65. The van der Waals surface area contributed by atoms with Gasteiger partial charge in [-0.25, -0.2) is 4.98 Å². The molecule has 1 aliphatic rings. The van der Waals surface area contributed by atoms with Crippen molar-refractivity contribution in [2.75, 3.05) is 23.3 Å². The summed E-state index contributed by atoms with van der Waals surface area (Å²) in [6.07, 6.45) is 8.29. The van der Waals surface area contributed by atoms with Crippen LogP contribution in [0.1, 0.15) is 25.3 Å². The predicted octanol–water partition coefficient (Wildman–Crippen LogP) is 4.21. The Hall–Kier alpha value is -2.27. The van der Waals surface area contributed by atoms with Gasteiger partial charge in [0.2, 0.25) is 5.95 Å². The van der Waals surface area contributed by atoms with Gasteiger partial charge in [-0.1, -0.05) is 37.1 Å². The van der Waals surface area contributed by atoms with Crippen molar-refractivity contribution >= 4 is 35.1 Å². The van der Waals surface area contributed by atoms with Crippen LogP contribution in [0.4, 0.5) is 17.5 Å². The molecule has 5 nitrogen and oxygen atoms in total. The number of unbranched alkanes of at least 4 members (excludes halogenated alkanes) is 1. The number of phenols is 1. The molecule has 2 heterocycles. The minimum atomic E-state index is 0.0550. The predicted molar refractivity (Wildman–Crippen MR) is 94.6 cm³/mol. The molecule has 3 rings (SSSR count). The number of hydrogen-bond acceptors (Lipinski definition) is 5. The maximum atomic E-state index is 9.48. The Morgan fingerprint density at radius 1 is 1.39 bits per heavy atom. The van der Waals surface area contributed by atoms with Crippen molar-refractivity contribution < 1.29 is 5.11 Å². The highest BCUT2D eigenvalue weighted by molar-refractivity contribution is 6.32. The highest BCUT2D eigenvalue weighted by Crippen LogP contribution is 2.29. The van der Waals surface area contributed by atoms with Crippen molar-refractivity contribution in [1.29, 1.82) is 0 Å². The lowest BCUT2D eigenvalue weighted by Crippen LogP contribution is -2.28. The third-order valence-electron chi connectivity index (χ3n) is 3.70. The Morgan fingerprint density at radius 2 is 2.26 bits per heavy atom. The van der Waals surface area contributed by atoms with Crippen LogP contribution in [0.25, 0.3) is 6.08 Å². The van der Waals surface area contributed by atoms with E-state index >= 15 is 0 Å². The molecule has 0 amide bonds. The van der Waals surface area contributed by atoms with Crippen LogP contribution in [0.2, 0.25) is 5.02 Å². The molecule has 0 spiro atoms. The molecule has 2 N–H and O–H groups in total. The van der Waals surface area contributed by atoms with Gasteiger partial charge in [0.15, 0.2) is 0 Å². The molecule has 1 aromatic heterocycles. The number of nitrogens with one attached hydrogen (secondary N) is 1. The molecule has 1 aliphatic heterocycles. The molecule has 0 bridgehead atoms. The summed E-state index contributed by atoms with van der Waals surface area (Å²) < 4.78 is 0. The van der Waals surface area contributed by atoms with E-state index in [1.54, 1.807) is 18.2 Å². The maximum Gasteiger partial charge on any atom is 0.229 e. The summed E-state index contributed by atoms with van der Waals surface area (Å²) in [4.78, 5) is 11.2. The molecular weight excluding hydrogens is 312 g/mol. The van der Waals surface area contributed by atoms with E-state index in [4.69, 9.17) is 11.6 Å². The summed E-state index contributed by atoms with van der Waals surface area (Å²) in [6.45, 7) is 4.03. The van der Waals surface area contributed by atoms with E-state index in [0.29, 0.717) is 11.0 Å². The highest BCUT2D eigenvalue weighted by atomic mass is 35.5. The molecule has 120 valence electrons. The lowest BCUT2D eigenvalue weighted by molar-refractivity contribution is 0.475. The van der Waals surface area contributed by atoms with Crippen LogP contribution in [-0.2, 0) is 0 Å². The van der Waals surface area contributed by atoms with E-state index in [1.807, 2.05) is 6.20 Å². The van der Waals surface area contributed by atoms with Crippen molar-refractivity contribution in [2.24, 2.45) is 0 Å². The SMILES string of the molecule is CCCCN1CC=Cc2cnc(Nc3ccc(O)c(Cl)c3)nc21. The summed E-state index contributed by atoms with van der Waals surface area (Å²) in [6, 6.07) is 4.92. The van der Waals surface area contributed by atoms with Gasteiger partial charge in [0.05, 0.1) is 5.02 Å². The number of aromatic hydroxyl groups is 1. The first-order valence-electron chi connectivity index (χ1n) is 7.71. The topological polar surface area (TPSA) is 61.3 Å². The van der Waals surface area contributed by atoms with E-state index in [2.05, 4.69) is 39.3 Å². The van der Waals surface area contributed by atoms with Gasteiger partial charge in [-0.05, 0) is 24.6 Å². The molecule has 23 heavy (non-hydrogen) atoms. The second-order valence-electron chi connectivity index (χ2n) is 5.47. The Balaban J connectivity index is 1.84. The number of fused-ring (bicyclic) bond motifs is 1. The average molecular weight is 331 g/mol. The summed E-state index contributed by atoms with van der Waals surface area (Å²) in [5.41, 5.74) is 1.76. The Morgan fingerprint density at radius 3 is 3.04 bits per heavy atom. The molecule has 0 saturated carbocycles. The number of anilines is 3. The van der Waals surface area contributed by atoms with E-state index in [9.17, 15) is 5.11 Å². The van der Waals surface area contributed by atoms with Crippen LogP contribution in [0.3, 0.4) is 0 Å². The fraction of sp³-hybridized carbons (Fsp3) is 0.294. The minimum Gasteiger partial charge on any atom is -0.506 e. The first-order valence-corrected chi connectivity index (χ1v) is 8.09. The number of aromatic nitrogens is 2. The van der Waals surface area contributed by atoms with E-state index in [1.165, 1.54) is 0 Å². The maximum absolute atomic E-state index is 9.48. The van der Waals surface area contributed by atoms with Crippen molar-refractivity contribution in [1.82, 2.24) is 9.97 Å². The van der Waals surface area contributed by atoms with Gasteiger partial charge in [-0.3, -0.25) is 0 Å². The van der Waals surface area contributed by atoms with E-state index < -0.39 is 0 Å². The normalized spacial score (nSPS) is 13.0. The number of halogens is 1. The first kappa shape index (κ1) is 15.6. The van der Waals surface area contributed by atoms with Crippen LogP contribution in [0.15, 0.2) is 30.5 Å². The third-order valence-corrected chi connectivity index (χ3v) is 4.01. The monoisotopic (exact) mass is 330 g/mol. The Kier molecular flexibility index (Phi) is 4.67. The van der Waals surface area contributed by atoms with Gasteiger partial charge >= 0.3 is 0 Å². The van der Waals surface area contributed by atoms with Gasteiger partial charge < -0.3 is 15.3 Å². The first-order chi connectivity index (χ1) is 11.2. The number of phenolic OH excluding ortho intramolecular Hbond substituents is 1. The Bertz CT molecular complexity index is 733. The lowest BCUT2D eigenvalue weighted by atomic mass is 10.2. The summed E-state index contributed by atoms with van der Waals surface area (Å²) in [5.74, 6) is 1.52. The molecule has 0 fully saturated rings.